The lowest BCUT2D eigenvalue weighted by atomic mass is 10.2. The van der Waals surface area contributed by atoms with Crippen LogP contribution in [0.25, 0.3) is 0 Å². The Bertz CT molecular complexity index is 254. The van der Waals surface area contributed by atoms with Gasteiger partial charge >= 0.3 is 6.18 Å². The number of alkyl halides is 3. The molecular weight excluding hydrogens is 318 g/mol. The Morgan fingerprint density at radius 3 is 2.35 bits per heavy atom. The van der Waals surface area contributed by atoms with Crippen LogP contribution in [0, 0.1) is 0 Å². The molecule has 9 heteroatoms. The van der Waals surface area contributed by atoms with Gasteiger partial charge < -0.3 is 11.1 Å². The van der Waals surface area contributed by atoms with Gasteiger partial charge in [-0.15, -0.1) is 24.8 Å². The van der Waals surface area contributed by atoms with Gasteiger partial charge in [0.25, 0.3) is 0 Å². The SMILES string of the molecule is CC(N)CCC(=O)NCCCN(C)CC(F)(F)F.Cl.Cl. The number of nitrogens with zero attached hydrogens (tertiary/aromatic N) is 1. The van der Waals surface area contributed by atoms with Gasteiger partial charge in [0.2, 0.25) is 5.91 Å². The third-order valence-electron chi connectivity index (χ3n) is 2.31. The summed E-state index contributed by atoms with van der Waals surface area (Å²) in [6.45, 7) is 1.58. The Morgan fingerprint density at radius 2 is 1.90 bits per heavy atom. The third-order valence-corrected chi connectivity index (χ3v) is 2.31. The van der Waals surface area contributed by atoms with Crippen LogP contribution in [0.5, 0.6) is 0 Å². The molecule has 0 aromatic rings. The van der Waals surface area contributed by atoms with E-state index in [1.54, 1.807) is 0 Å². The van der Waals surface area contributed by atoms with Crippen LogP contribution in [-0.2, 0) is 4.79 Å². The molecule has 0 bridgehead atoms. The van der Waals surface area contributed by atoms with E-state index in [1.165, 1.54) is 11.9 Å². The maximum absolute atomic E-state index is 12.0. The molecule has 0 aliphatic heterocycles. The minimum Gasteiger partial charge on any atom is -0.356 e. The second kappa shape index (κ2) is 12.5. The zero-order valence-corrected chi connectivity index (χ0v) is 13.3. The highest BCUT2D eigenvalue weighted by molar-refractivity contribution is 5.85. The number of amides is 1. The van der Waals surface area contributed by atoms with Gasteiger partial charge in [-0.3, -0.25) is 9.69 Å². The van der Waals surface area contributed by atoms with Crippen LogP contribution in [0.1, 0.15) is 26.2 Å². The van der Waals surface area contributed by atoms with Gasteiger partial charge in [0.15, 0.2) is 0 Å². The summed E-state index contributed by atoms with van der Waals surface area (Å²) in [6.07, 6.45) is -2.71. The van der Waals surface area contributed by atoms with Crippen molar-refractivity contribution in [3.05, 3.63) is 0 Å². The molecular formula is C11H24Cl2F3N3O. The largest absolute Gasteiger partial charge is 0.401 e. The second-order valence-corrected chi connectivity index (χ2v) is 4.57. The van der Waals surface area contributed by atoms with Gasteiger partial charge in [-0.25, -0.2) is 0 Å². The first-order valence-corrected chi connectivity index (χ1v) is 5.98. The van der Waals surface area contributed by atoms with Crippen molar-refractivity contribution in [2.75, 3.05) is 26.7 Å². The van der Waals surface area contributed by atoms with Crippen molar-refractivity contribution in [1.29, 1.82) is 0 Å². The lowest BCUT2D eigenvalue weighted by Gasteiger charge is -2.18. The van der Waals surface area contributed by atoms with Crippen molar-refractivity contribution in [1.82, 2.24) is 10.2 Å². The van der Waals surface area contributed by atoms with Crippen LogP contribution in [0.15, 0.2) is 0 Å². The summed E-state index contributed by atoms with van der Waals surface area (Å²) in [7, 11) is 1.41. The van der Waals surface area contributed by atoms with Crippen LogP contribution < -0.4 is 11.1 Å². The van der Waals surface area contributed by atoms with E-state index in [9.17, 15) is 18.0 Å². The van der Waals surface area contributed by atoms with Crippen LogP contribution >= 0.6 is 24.8 Å². The van der Waals surface area contributed by atoms with Gasteiger partial charge in [-0.2, -0.15) is 13.2 Å². The molecule has 0 rings (SSSR count). The first kappa shape index (κ1) is 24.8. The van der Waals surface area contributed by atoms with E-state index in [4.69, 9.17) is 5.73 Å². The number of carbonyl (C=O) groups is 1. The normalized spacial score (nSPS) is 12.3. The van der Waals surface area contributed by atoms with E-state index >= 15 is 0 Å². The molecule has 0 fully saturated rings. The van der Waals surface area contributed by atoms with Crippen molar-refractivity contribution in [2.24, 2.45) is 5.73 Å². The van der Waals surface area contributed by atoms with Crippen molar-refractivity contribution in [3.8, 4) is 0 Å². The smallest absolute Gasteiger partial charge is 0.356 e. The summed E-state index contributed by atoms with van der Waals surface area (Å²) in [6, 6.07) is -0.0198. The first-order valence-electron chi connectivity index (χ1n) is 5.98. The lowest BCUT2D eigenvalue weighted by molar-refractivity contribution is -0.143. The molecule has 0 saturated heterocycles. The van der Waals surface area contributed by atoms with Crippen molar-refractivity contribution >= 4 is 30.7 Å². The standard InChI is InChI=1S/C11H22F3N3O.2ClH/c1-9(15)4-5-10(18)16-6-3-7-17(2)8-11(12,13)14;;/h9H,3-8,15H2,1-2H3,(H,16,18);2*1H. The van der Waals surface area contributed by atoms with E-state index in [1.807, 2.05) is 6.92 Å². The molecule has 3 N–H and O–H groups in total. The van der Waals surface area contributed by atoms with E-state index < -0.39 is 12.7 Å². The molecule has 1 amide bonds. The highest BCUT2D eigenvalue weighted by atomic mass is 35.5. The molecule has 4 nitrogen and oxygen atoms in total. The van der Waals surface area contributed by atoms with Crippen LogP contribution in [0.3, 0.4) is 0 Å². The minimum absolute atomic E-state index is 0. The Kier molecular flexibility index (Phi) is 15.5. The van der Waals surface area contributed by atoms with Gasteiger partial charge in [0.1, 0.15) is 0 Å². The van der Waals surface area contributed by atoms with Gasteiger partial charge in [-0.1, -0.05) is 0 Å². The fraction of sp³-hybridized carbons (Fsp3) is 0.909. The Hall–Kier alpha value is -0.240. The molecule has 0 aromatic heterocycles. The number of nitrogens with one attached hydrogen (secondary N) is 1. The number of halogens is 5. The summed E-state index contributed by atoms with van der Waals surface area (Å²) in [5.41, 5.74) is 5.50. The Morgan fingerprint density at radius 1 is 1.35 bits per heavy atom. The molecule has 20 heavy (non-hydrogen) atoms. The van der Waals surface area contributed by atoms with E-state index in [2.05, 4.69) is 5.32 Å². The molecule has 0 aliphatic rings. The second-order valence-electron chi connectivity index (χ2n) is 4.57. The molecule has 0 aromatic carbocycles. The Balaban J connectivity index is -0.00000144. The van der Waals surface area contributed by atoms with Crippen molar-refractivity contribution in [3.63, 3.8) is 0 Å². The van der Waals surface area contributed by atoms with Crippen molar-refractivity contribution < 1.29 is 18.0 Å². The van der Waals surface area contributed by atoms with Gasteiger partial charge in [0, 0.05) is 19.0 Å². The maximum Gasteiger partial charge on any atom is 0.401 e. The number of rotatable bonds is 8. The Labute approximate surface area is 130 Å². The number of hydrogen-bond donors (Lipinski definition) is 2. The fourth-order valence-corrected chi connectivity index (χ4v) is 1.41. The molecule has 0 radical (unpaired) electrons. The molecule has 1 unspecified atom stereocenters. The topological polar surface area (TPSA) is 58.4 Å². The number of carbonyl (C=O) groups excluding carboxylic acids is 1. The number of nitrogens with two attached hydrogens (primary N) is 1. The van der Waals surface area contributed by atoms with Gasteiger partial charge in [-0.05, 0) is 33.4 Å². The van der Waals surface area contributed by atoms with E-state index in [-0.39, 0.29) is 36.8 Å². The molecule has 124 valence electrons. The highest BCUT2D eigenvalue weighted by Gasteiger charge is 2.28. The van der Waals surface area contributed by atoms with Crippen LogP contribution in [0.2, 0.25) is 0 Å². The molecule has 0 aliphatic carbocycles. The summed E-state index contributed by atoms with van der Waals surface area (Å²) < 4.78 is 36.0. The lowest BCUT2D eigenvalue weighted by Crippen LogP contribution is -2.34. The van der Waals surface area contributed by atoms with Gasteiger partial charge in [0.05, 0.1) is 6.54 Å². The fourth-order valence-electron chi connectivity index (χ4n) is 1.41. The summed E-state index contributed by atoms with van der Waals surface area (Å²) in [4.78, 5) is 12.4. The van der Waals surface area contributed by atoms with E-state index in [0.717, 1.165) is 0 Å². The quantitative estimate of drug-likeness (QED) is 0.663. The molecule has 0 spiro atoms. The third kappa shape index (κ3) is 17.8. The summed E-state index contributed by atoms with van der Waals surface area (Å²) in [5.74, 6) is -0.106. The van der Waals surface area contributed by atoms with E-state index in [0.29, 0.717) is 32.4 Å². The molecule has 1 atom stereocenters. The highest BCUT2D eigenvalue weighted by Crippen LogP contribution is 2.15. The predicted molar refractivity (Wildman–Crippen MR) is 78.6 cm³/mol. The molecule has 0 saturated carbocycles. The van der Waals surface area contributed by atoms with Crippen LogP contribution in [0.4, 0.5) is 13.2 Å². The molecule has 0 heterocycles. The zero-order chi connectivity index (χ0) is 14.2. The maximum atomic E-state index is 12.0. The average molecular weight is 342 g/mol. The summed E-state index contributed by atoms with van der Waals surface area (Å²) in [5, 5.41) is 2.65. The predicted octanol–water partition coefficient (Wildman–Crippen LogP) is 1.96. The average Bonchev–Trinajstić information content (AvgIpc) is 2.19. The van der Waals surface area contributed by atoms with Crippen molar-refractivity contribution in [2.45, 2.75) is 38.4 Å². The monoisotopic (exact) mass is 341 g/mol. The number of hydrogen-bond acceptors (Lipinski definition) is 3. The summed E-state index contributed by atoms with van der Waals surface area (Å²) >= 11 is 0. The minimum atomic E-state index is -4.17. The zero-order valence-electron chi connectivity index (χ0n) is 11.7. The first-order chi connectivity index (χ1) is 8.20. The van der Waals surface area contributed by atoms with Crippen LogP contribution in [-0.4, -0.2) is 49.7 Å².